The van der Waals surface area contributed by atoms with Crippen LogP contribution in [-0.2, 0) is 4.79 Å². The van der Waals surface area contributed by atoms with Crippen molar-refractivity contribution < 1.29 is 19.6 Å². The van der Waals surface area contributed by atoms with Gasteiger partial charge in [0.15, 0.2) is 0 Å². The first-order valence-electron chi connectivity index (χ1n) is 6.28. The number of nitro groups is 1. The van der Waals surface area contributed by atoms with E-state index in [1.54, 1.807) is 0 Å². The van der Waals surface area contributed by atoms with Gasteiger partial charge in [0.05, 0.1) is 18.0 Å². The number of hydrogen-bond acceptors (Lipinski definition) is 5. The lowest BCUT2D eigenvalue weighted by atomic mass is 10.0. The Bertz CT molecular complexity index is 490. The van der Waals surface area contributed by atoms with Crippen LogP contribution in [0, 0.1) is 16.0 Å². The maximum absolute atomic E-state index is 11.1. The number of nitrogens with zero attached hydrogens (tertiary/aromatic N) is 1. The predicted octanol–water partition coefficient (Wildman–Crippen LogP) is 2.52. The van der Waals surface area contributed by atoms with Gasteiger partial charge in [-0.3, -0.25) is 14.9 Å². The van der Waals surface area contributed by atoms with Crippen molar-refractivity contribution >= 4 is 17.3 Å². The van der Waals surface area contributed by atoms with Crippen LogP contribution in [0.5, 0.6) is 5.75 Å². The lowest BCUT2D eigenvalue weighted by molar-refractivity contribution is -0.384. The number of anilines is 1. The summed E-state index contributed by atoms with van der Waals surface area (Å²) in [7, 11) is 1.46. The van der Waals surface area contributed by atoms with Crippen LogP contribution in [0.15, 0.2) is 18.2 Å². The van der Waals surface area contributed by atoms with Crippen LogP contribution in [0.3, 0.4) is 0 Å². The van der Waals surface area contributed by atoms with Gasteiger partial charge in [-0.25, -0.2) is 0 Å². The molecule has 110 valence electrons. The molecule has 0 spiro atoms. The molecular weight excluding hydrogens is 264 g/mol. The summed E-state index contributed by atoms with van der Waals surface area (Å²) < 4.78 is 5.01. The monoisotopic (exact) mass is 282 g/mol. The van der Waals surface area contributed by atoms with Gasteiger partial charge in [-0.2, -0.15) is 0 Å². The Morgan fingerprint density at radius 2 is 2.25 bits per heavy atom. The first-order valence-corrected chi connectivity index (χ1v) is 6.28. The number of carboxylic acids is 1. The molecule has 0 radical (unpaired) electrons. The van der Waals surface area contributed by atoms with Crippen LogP contribution in [0.25, 0.3) is 0 Å². The zero-order valence-corrected chi connectivity index (χ0v) is 11.5. The third-order valence-corrected chi connectivity index (χ3v) is 2.93. The van der Waals surface area contributed by atoms with Crippen LogP contribution < -0.4 is 10.1 Å². The molecule has 0 aromatic heterocycles. The number of nitrogens with one attached hydrogen (secondary N) is 1. The second kappa shape index (κ2) is 7.32. The number of rotatable bonds is 8. The molecule has 1 aromatic rings. The van der Waals surface area contributed by atoms with E-state index in [0.29, 0.717) is 12.2 Å². The second-order valence-corrected chi connectivity index (χ2v) is 4.34. The maximum Gasteiger partial charge on any atom is 0.308 e. The Morgan fingerprint density at radius 1 is 1.55 bits per heavy atom. The maximum atomic E-state index is 11.1. The molecule has 0 heterocycles. The normalized spacial score (nSPS) is 11.7. The zero-order chi connectivity index (χ0) is 15.1. The molecule has 7 nitrogen and oxygen atoms in total. The standard InChI is InChI=1S/C13H18N2O5/c1-3-4-9(13(16)17)8-14-11-7-10(20-2)5-6-12(11)15(18)19/h5-7,9,14H,3-4,8H2,1-2H3,(H,16,17). The molecule has 1 rings (SSSR count). The topological polar surface area (TPSA) is 102 Å². The summed E-state index contributed by atoms with van der Waals surface area (Å²) in [6.45, 7) is 2.03. The van der Waals surface area contributed by atoms with Crippen LogP contribution >= 0.6 is 0 Å². The molecule has 0 saturated heterocycles. The molecule has 7 heteroatoms. The Labute approximate surface area is 116 Å². The van der Waals surface area contributed by atoms with E-state index in [1.807, 2.05) is 6.92 Å². The number of ether oxygens (including phenoxy) is 1. The number of benzene rings is 1. The molecule has 0 aliphatic carbocycles. The quantitative estimate of drug-likeness (QED) is 0.561. The van der Waals surface area contributed by atoms with Gasteiger partial charge in [0.2, 0.25) is 0 Å². The number of carboxylic acid groups (broad SMARTS) is 1. The third-order valence-electron chi connectivity index (χ3n) is 2.93. The van der Waals surface area contributed by atoms with Gasteiger partial charge in [-0.15, -0.1) is 0 Å². The molecule has 0 saturated carbocycles. The fraction of sp³-hybridized carbons (Fsp3) is 0.462. The van der Waals surface area contributed by atoms with Gasteiger partial charge in [-0.1, -0.05) is 13.3 Å². The minimum Gasteiger partial charge on any atom is -0.497 e. The smallest absolute Gasteiger partial charge is 0.308 e. The van der Waals surface area contributed by atoms with E-state index in [-0.39, 0.29) is 17.9 Å². The first kappa shape index (κ1) is 15.7. The van der Waals surface area contributed by atoms with Crippen molar-refractivity contribution in [3.05, 3.63) is 28.3 Å². The van der Waals surface area contributed by atoms with Gasteiger partial charge in [0, 0.05) is 18.7 Å². The molecule has 0 aliphatic rings. The van der Waals surface area contributed by atoms with Crippen molar-refractivity contribution in [2.45, 2.75) is 19.8 Å². The van der Waals surface area contributed by atoms with Crippen molar-refractivity contribution in [1.29, 1.82) is 0 Å². The fourth-order valence-electron chi connectivity index (χ4n) is 1.84. The molecule has 2 N–H and O–H groups in total. The highest BCUT2D eigenvalue weighted by atomic mass is 16.6. The van der Waals surface area contributed by atoms with Crippen molar-refractivity contribution in [2.24, 2.45) is 5.92 Å². The summed E-state index contributed by atoms with van der Waals surface area (Å²) in [5.74, 6) is -1.02. The number of aliphatic carboxylic acids is 1. The average Bonchev–Trinajstić information content (AvgIpc) is 2.42. The largest absolute Gasteiger partial charge is 0.497 e. The van der Waals surface area contributed by atoms with E-state index in [2.05, 4.69) is 5.32 Å². The lowest BCUT2D eigenvalue weighted by Gasteiger charge is -2.14. The Hall–Kier alpha value is -2.31. The van der Waals surface area contributed by atoms with Crippen LogP contribution in [0.1, 0.15) is 19.8 Å². The van der Waals surface area contributed by atoms with E-state index in [0.717, 1.165) is 6.42 Å². The van der Waals surface area contributed by atoms with E-state index in [4.69, 9.17) is 9.84 Å². The molecular formula is C13H18N2O5. The zero-order valence-electron chi connectivity index (χ0n) is 11.5. The molecule has 1 aromatic carbocycles. The Balaban J connectivity index is 2.89. The SMILES string of the molecule is CCCC(CNc1cc(OC)ccc1[N+](=O)[O-])C(=O)O. The van der Waals surface area contributed by atoms with Gasteiger partial charge < -0.3 is 15.2 Å². The molecule has 0 aliphatic heterocycles. The lowest BCUT2D eigenvalue weighted by Crippen LogP contribution is -2.23. The van der Waals surface area contributed by atoms with Gasteiger partial charge in [0.25, 0.3) is 5.69 Å². The van der Waals surface area contributed by atoms with Crippen molar-refractivity contribution in [2.75, 3.05) is 19.0 Å². The summed E-state index contributed by atoms with van der Waals surface area (Å²) in [6, 6.07) is 4.31. The summed E-state index contributed by atoms with van der Waals surface area (Å²) >= 11 is 0. The number of hydrogen-bond donors (Lipinski definition) is 2. The van der Waals surface area contributed by atoms with Gasteiger partial charge in [-0.05, 0) is 12.5 Å². The number of carbonyl (C=O) groups is 1. The Morgan fingerprint density at radius 3 is 2.75 bits per heavy atom. The third kappa shape index (κ3) is 4.11. The van der Waals surface area contributed by atoms with E-state index in [9.17, 15) is 14.9 Å². The average molecular weight is 282 g/mol. The van der Waals surface area contributed by atoms with E-state index >= 15 is 0 Å². The van der Waals surface area contributed by atoms with Gasteiger partial charge in [0.1, 0.15) is 11.4 Å². The summed E-state index contributed by atoms with van der Waals surface area (Å²) in [5, 5.41) is 22.8. The molecule has 0 amide bonds. The molecule has 0 bridgehead atoms. The van der Waals surface area contributed by atoms with E-state index in [1.165, 1.54) is 25.3 Å². The number of methoxy groups -OCH3 is 1. The van der Waals surface area contributed by atoms with Crippen LogP contribution in [0.4, 0.5) is 11.4 Å². The highest BCUT2D eigenvalue weighted by Crippen LogP contribution is 2.29. The van der Waals surface area contributed by atoms with Crippen LogP contribution in [-0.4, -0.2) is 29.7 Å². The predicted molar refractivity (Wildman–Crippen MR) is 74.2 cm³/mol. The molecule has 0 fully saturated rings. The second-order valence-electron chi connectivity index (χ2n) is 4.34. The fourth-order valence-corrected chi connectivity index (χ4v) is 1.84. The first-order chi connectivity index (χ1) is 9.49. The van der Waals surface area contributed by atoms with Crippen molar-refractivity contribution in [3.8, 4) is 5.75 Å². The van der Waals surface area contributed by atoms with E-state index < -0.39 is 16.8 Å². The van der Waals surface area contributed by atoms with Crippen molar-refractivity contribution in [1.82, 2.24) is 0 Å². The Kier molecular flexibility index (Phi) is 5.76. The molecule has 20 heavy (non-hydrogen) atoms. The van der Waals surface area contributed by atoms with Crippen LogP contribution in [0.2, 0.25) is 0 Å². The van der Waals surface area contributed by atoms with Crippen molar-refractivity contribution in [3.63, 3.8) is 0 Å². The van der Waals surface area contributed by atoms with Gasteiger partial charge >= 0.3 is 5.97 Å². The summed E-state index contributed by atoms with van der Waals surface area (Å²) in [5.41, 5.74) is 0.156. The molecule has 1 atom stereocenters. The minimum atomic E-state index is -0.912. The summed E-state index contributed by atoms with van der Waals surface area (Å²) in [4.78, 5) is 21.5. The highest BCUT2D eigenvalue weighted by molar-refractivity contribution is 5.71. The summed E-state index contributed by atoms with van der Waals surface area (Å²) in [6.07, 6.45) is 1.25. The molecule has 1 unspecified atom stereocenters. The highest BCUT2D eigenvalue weighted by Gasteiger charge is 2.19. The number of nitro benzene ring substituents is 1. The minimum absolute atomic E-state index is 0.105.